The summed E-state index contributed by atoms with van der Waals surface area (Å²) < 4.78 is 13.6. The van der Waals surface area contributed by atoms with Crippen LogP contribution in [0.4, 0.5) is 10.1 Å². The lowest BCUT2D eigenvalue weighted by Crippen LogP contribution is -2.36. The Morgan fingerprint density at radius 1 is 1.39 bits per heavy atom. The highest BCUT2D eigenvalue weighted by Gasteiger charge is 2.19. The van der Waals surface area contributed by atoms with Crippen LogP contribution in [0.5, 0.6) is 0 Å². The van der Waals surface area contributed by atoms with Crippen LogP contribution in [0.3, 0.4) is 0 Å². The summed E-state index contributed by atoms with van der Waals surface area (Å²) in [5.74, 6) is -0.620. The number of anilines is 1. The standard InChI is InChI=1S/C14H21FN2O/c1-5-11(6-2)17(4)14(18)10-7-12(15)9(3)13(16)8-10/h7-8,11H,5-6,16H2,1-4H3. The summed E-state index contributed by atoms with van der Waals surface area (Å²) in [5, 5.41) is 0. The molecule has 0 aliphatic carbocycles. The molecule has 0 aromatic heterocycles. The van der Waals surface area contributed by atoms with E-state index in [1.165, 1.54) is 6.07 Å². The van der Waals surface area contributed by atoms with E-state index >= 15 is 0 Å². The lowest BCUT2D eigenvalue weighted by molar-refractivity contribution is 0.0723. The SMILES string of the molecule is CCC(CC)N(C)C(=O)c1cc(N)c(C)c(F)c1. The monoisotopic (exact) mass is 252 g/mol. The third-order valence-electron chi connectivity index (χ3n) is 3.44. The number of rotatable bonds is 4. The molecule has 0 atom stereocenters. The smallest absolute Gasteiger partial charge is 0.254 e. The van der Waals surface area contributed by atoms with Gasteiger partial charge in [-0.15, -0.1) is 0 Å². The predicted octanol–water partition coefficient (Wildman–Crippen LogP) is 2.98. The minimum atomic E-state index is -0.434. The van der Waals surface area contributed by atoms with Gasteiger partial charge in [-0.3, -0.25) is 4.79 Å². The van der Waals surface area contributed by atoms with Gasteiger partial charge in [0.2, 0.25) is 0 Å². The van der Waals surface area contributed by atoms with Gasteiger partial charge in [-0.25, -0.2) is 4.39 Å². The first-order valence-electron chi connectivity index (χ1n) is 6.25. The first kappa shape index (κ1) is 14.5. The number of hydrogen-bond acceptors (Lipinski definition) is 2. The van der Waals surface area contributed by atoms with Crippen molar-refractivity contribution in [1.82, 2.24) is 4.90 Å². The van der Waals surface area contributed by atoms with E-state index in [4.69, 9.17) is 5.73 Å². The summed E-state index contributed by atoms with van der Waals surface area (Å²) in [6.45, 7) is 5.66. The first-order chi connectivity index (χ1) is 8.42. The zero-order chi connectivity index (χ0) is 13.9. The van der Waals surface area contributed by atoms with Crippen LogP contribution < -0.4 is 5.73 Å². The molecule has 1 aromatic carbocycles. The normalized spacial score (nSPS) is 10.8. The van der Waals surface area contributed by atoms with E-state index in [0.717, 1.165) is 12.8 Å². The number of nitrogens with two attached hydrogens (primary N) is 1. The molecule has 100 valence electrons. The summed E-state index contributed by atoms with van der Waals surface area (Å²) in [5.41, 5.74) is 6.70. The van der Waals surface area contributed by atoms with Crippen LogP contribution in [-0.2, 0) is 0 Å². The highest BCUT2D eigenvalue weighted by molar-refractivity contribution is 5.95. The van der Waals surface area contributed by atoms with E-state index in [-0.39, 0.29) is 11.9 Å². The fraction of sp³-hybridized carbons (Fsp3) is 0.500. The van der Waals surface area contributed by atoms with Crippen molar-refractivity contribution >= 4 is 11.6 Å². The van der Waals surface area contributed by atoms with Crippen LogP contribution >= 0.6 is 0 Å². The molecule has 4 heteroatoms. The molecule has 0 saturated heterocycles. The number of benzene rings is 1. The van der Waals surface area contributed by atoms with Crippen molar-refractivity contribution in [3.63, 3.8) is 0 Å². The molecule has 0 radical (unpaired) electrons. The zero-order valence-electron chi connectivity index (χ0n) is 11.5. The molecule has 1 aromatic rings. The fourth-order valence-electron chi connectivity index (χ4n) is 2.03. The van der Waals surface area contributed by atoms with Crippen molar-refractivity contribution in [2.75, 3.05) is 12.8 Å². The van der Waals surface area contributed by atoms with E-state index in [0.29, 0.717) is 16.8 Å². The van der Waals surface area contributed by atoms with Crippen LogP contribution in [0.25, 0.3) is 0 Å². The topological polar surface area (TPSA) is 46.3 Å². The Morgan fingerprint density at radius 2 is 1.94 bits per heavy atom. The molecule has 0 bridgehead atoms. The van der Waals surface area contributed by atoms with Crippen molar-refractivity contribution < 1.29 is 9.18 Å². The highest BCUT2D eigenvalue weighted by Crippen LogP contribution is 2.20. The Bertz CT molecular complexity index is 418. The number of nitrogen functional groups attached to an aromatic ring is 1. The third-order valence-corrected chi connectivity index (χ3v) is 3.44. The van der Waals surface area contributed by atoms with Crippen molar-refractivity contribution in [2.45, 2.75) is 39.7 Å². The maximum absolute atomic E-state index is 13.6. The van der Waals surface area contributed by atoms with Gasteiger partial charge in [0.15, 0.2) is 0 Å². The molecule has 1 amide bonds. The van der Waals surface area contributed by atoms with E-state index < -0.39 is 5.82 Å². The number of halogens is 1. The van der Waals surface area contributed by atoms with E-state index in [9.17, 15) is 9.18 Å². The van der Waals surface area contributed by atoms with Gasteiger partial charge in [0.25, 0.3) is 5.91 Å². The summed E-state index contributed by atoms with van der Waals surface area (Å²) in [4.78, 5) is 13.9. The lowest BCUT2D eigenvalue weighted by atomic mass is 10.1. The summed E-state index contributed by atoms with van der Waals surface area (Å²) >= 11 is 0. The van der Waals surface area contributed by atoms with Crippen LogP contribution in [0, 0.1) is 12.7 Å². The maximum Gasteiger partial charge on any atom is 0.254 e. The van der Waals surface area contributed by atoms with Crippen molar-refractivity contribution in [3.05, 3.63) is 29.1 Å². The predicted molar refractivity (Wildman–Crippen MR) is 72.0 cm³/mol. The van der Waals surface area contributed by atoms with Crippen LogP contribution in [-0.4, -0.2) is 23.9 Å². The number of amides is 1. The van der Waals surface area contributed by atoms with Gasteiger partial charge >= 0.3 is 0 Å². The van der Waals surface area contributed by atoms with Gasteiger partial charge in [-0.05, 0) is 31.9 Å². The molecular weight excluding hydrogens is 231 g/mol. The Hall–Kier alpha value is -1.58. The molecule has 0 fully saturated rings. The Kier molecular flexibility index (Phi) is 4.70. The molecule has 0 spiro atoms. The number of hydrogen-bond donors (Lipinski definition) is 1. The van der Waals surface area contributed by atoms with Crippen molar-refractivity contribution in [2.24, 2.45) is 0 Å². The van der Waals surface area contributed by atoms with Gasteiger partial charge in [0.1, 0.15) is 5.82 Å². The molecule has 0 unspecified atom stereocenters. The quantitative estimate of drug-likeness (QED) is 0.837. The van der Waals surface area contributed by atoms with Gasteiger partial charge in [-0.2, -0.15) is 0 Å². The molecule has 0 heterocycles. The number of carbonyl (C=O) groups is 1. The van der Waals surface area contributed by atoms with E-state index in [1.807, 2.05) is 13.8 Å². The second-order valence-corrected chi connectivity index (χ2v) is 4.56. The molecule has 0 saturated carbocycles. The van der Waals surface area contributed by atoms with Gasteiger partial charge in [-0.1, -0.05) is 13.8 Å². The first-order valence-corrected chi connectivity index (χ1v) is 6.25. The minimum Gasteiger partial charge on any atom is -0.398 e. The lowest BCUT2D eigenvalue weighted by Gasteiger charge is -2.26. The third kappa shape index (κ3) is 2.81. The summed E-state index contributed by atoms with van der Waals surface area (Å²) in [7, 11) is 1.74. The van der Waals surface area contributed by atoms with Gasteiger partial charge in [0.05, 0.1) is 0 Å². The average Bonchev–Trinajstić information content (AvgIpc) is 2.35. The Labute approximate surface area is 108 Å². The largest absolute Gasteiger partial charge is 0.398 e. The van der Waals surface area contributed by atoms with Crippen LogP contribution in [0.1, 0.15) is 42.6 Å². The molecule has 0 aliphatic heterocycles. The molecule has 3 nitrogen and oxygen atoms in total. The zero-order valence-corrected chi connectivity index (χ0v) is 11.5. The minimum absolute atomic E-state index is 0.170. The second-order valence-electron chi connectivity index (χ2n) is 4.56. The number of carbonyl (C=O) groups excluding carboxylic acids is 1. The molecule has 2 N–H and O–H groups in total. The number of nitrogens with zero attached hydrogens (tertiary/aromatic N) is 1. The molecular formula is C14H21FN2O. The van der Waals surface area contributed by atoms with Gasteiger partial charge < -0.3 is 10.6 Å². The van der Waals surface area contributed by atoms with E-state index in [1.54, 1.807) is 24.9 Å². The molecule has 0 aliphatic rings. The molecule has 1 rings (SSSR count). The highest BCUT2D eigenvalue weighted by atomic mass is 19.1. The van der Waals surface area contributed by atoms with Crippen LogP contribution in [0.15, 0.2) is 12.1 Å². The van der Waals surface area contributed by atoms with Gasteiger partial charge in [0, 0.05) is 29.9 Å². The second kappa shape index (κ2) is 5.85. The van der Waals surface area contributed by atoms with E-state index in [2.05, 4.69) is 0 Å². The maximum atomic E-state index is 13.6. The van der Waals surface area contributed by atoms with Crippen molar-refractivity contribution in [3.8, 4) is 0 Å². The summed E-state index contributed by atoms with van der Waals surface area (Å²) in [6, 6.07) is 2.97. The molecule has 18 heavy (non-hydrogen) atoms. The fourth-order valence-corrected chi connectivity index (χ4v) is 2.03. The Balaban J connectivity index is 3.04. The Morgan fingerprint density at radius 3 is 2.39 bits per heavy atom. The van der Waals surface area contributed by atoms with Crippen molar-refractivity contribution in [1.29, 1.82) is 0 Å². The van der Waals surface area contributed by atoms with Crippen LogP contribution in [0.2, 0.25) is 0 Å². The average molecular weight is 252 g/mol. The summed E-state index contributed by atoms with van der Waals surface area (Å²) in [6.07, 6.45) is 1.76.